The Morgan fingerprint density at radius 2 is 1.40 bits per heavy atom. The van der Waals surface area contributed by atoms with Gasteiger partial charge in [-0.15, -0.1) is 0 Å². The minimum atomic E-state index is 1.13. The predicted molar refractivity (Wildman–Crippen MR) is 117 cm³/mol. The van der Waals surface area contributed by atoms with E-state index in [4.69, 9.17) is 0 Å². The molecule has 0 aliphatic heterocycles. The number of hydrogen-bond acceptors (Lipinski definition) is 0. The lowest BCUT2D eigenvalue weighted by molar-refractivity contribution is 0.697. The summed E-state index contributed by atoms with van der Waals surface area (Å²) in [7, 11) is 0. The molecule has 25 heavy (non-hydrogen) atoms. The van der Waals surface area contributed by atoms with Crippen LogP contribution in [0.15, 0.2) is 36.4 Å². The quantitative estimate of drug-likeness (QED) is 0.216. The van der Waals surface area contributed by atoms with Crippen LogP contribution < -0.4 is 0 Å². The lowest BCUT2D eigenvalue weighted by atomic mass is 9.90. The van der Waals surface area contributed by atoms with E-state index in [1.165, 1.54) is 68.1 Å². The maximum Gasteiger partial charge on any atom is 0.00313 e. The molecule has 0 N–H and O–H groups in total. The van der Waals surface area contributed by atoms with E-state index in [-0.39, 0.29) is 0 Å². The van der Waals surface area contributed by atoms with Gasteiger partial charge >= 0.3 is 0 Å². The molecule has 1 aliphatic rings. The van der Waals surface area contributed by atoms with Gasteiger partial charge in [-0.2, -0.15) is 0 Å². The van der Waals surface area contributed by atoms with Crippen LogP contribution in [0, 0.1) is 0 Å². The number of hydrogen-bond donors (Lipinski definition) is 0. The van der Waals surface area contributed by atoms with E-state index in [1.54, 1.807) is 16.7 Å². The average molecular weight is 464 g/mol. The van der Waals surface area contributed by atoms with Gasteiger partial charge in [0.15, 0.2) is 0 Å². The highest BCUT2D eigenvalue weighted by molar-refractivity contribution is 9.09. The third kappa shape index (κ3) is 4.77. The molecule has 0 unspecified atom stereocenters. The Hall–Kier alpha value is -0.600. The van der Waals surface area contributed by atoms with Gasteiger partial charge in [0, 0.05) is 10.7 Å². The van der Waals surface area contributed by atoms with Crippen LogP contribution in [0.3, 0.4) is 0 Å². The normalized spacial score (nSPS) is 12.2. The smallest absolute Gasteiger partial charge is 0.00313 e. The average Bonchev–Trinajstić information content (AvgIpc) is 3.02. The molecule has 0 saturated heterocycles. The van der Waals surface area contributed by atoms with E-state index in [0.717, 1.165) is 17.1 Å². The third-order valence-corrected chi connectivity index (χ3v) is 6.46. The number of benzene rings is 2. The van der Waals surface area contributed by atoms with Gasteiger partial charge in [-0.25, -0.2) is 0 Å². The maximum absolute atomic E-state index is 3.56. The van der Waals surface area contributed by atoms with E-state index in [0.29, 0.717) is 0 Å². The van der Waals surface area contributed by atoms with Crippen molar-refractivity contribution in [3.8, 4) is 11.1 Å². The van der Waals surface area contributed by atoms with Crippen LogP contribution in [0.25, 0.3) is 11.1 Å². The second-order valence-corrected chi connectivity index (χ2v) is 8.65. The second kappa shape index (κ2) is 9.92. The topological polar surface area (TPSA) is 0 Å². The van der Waals surface area contributed by atoms with Crippen molar-refractivity contribution >= 4 is 31.9 Å². The van der Waals surface area contributed by atoms with E-state index in [2.05, 4.69) is 68.3 Å². The van der Waals surface area contributed by atoms with Gasteiger partial charge in [0.1, 0.15) is 0 Å². The van der Waals surface area contributed by atoms with Gasteiger partial charge in [-0.05, 0) is 78.3 Å². The van der Waals surface area contributed by atoms with Crippen LogP contribution in [-0.4, -0.2) is 10.7 Å². The van der Waals surface area contributed by atoms with Crippen molar-refractivity contribution in [1.29, 1.82) is 0 Å². The number of fused-ring (bicyclic) bond motifs is 3. The molecule has 0 amide bonds. The van der Waals surface area contributed by atoms with Crippen LogP contribution >= 0.6 is 31.9 Å². The first-order chi connectivity index (χ1) is 12.3. The van der Waals surface area contributed by atoms with Gasteiger partial charge in [0.25, 0.3) is 0 Å². The summed E-state index contributed by atoms with van der Waals surface area (Å²) in [4.78, 5) is 0. The molecule has 0 spiro atoms. The van der Waals surface area contributed by atoms with Gasteiger partial charge in [0.2, 0.25) is 0 Å². The van der Waals surface area contributed by atoms with Crippen molar-refractivity contribution in [3.63, 3.8) is 0 Å². The first-order valence-electron chi connectivity index (χ1n) is 9.69. The highest BCUT2D eigenvalue weighted by atomic mass is 79.9. The molecule has 2 aromatic carbocycles. The second-order valence-electron chi connectivity index (χ2n) is 7.06. The van der Waals surface area contributed by atoms with Crippen molar-refractivity contribution in [2.45, 2.75) is 57.8 Å². The minimum absolute atomic E-state index is 1.13. The van der Waals surface area contributed by atoms with Crippen LogP contribution in [0.4, 0.5) is 0 Å². The van der Waals surface area contributed by atoms with E-state index in [9.17, 15) is 0 Å². The Bertz CT molecular complexity index is 690. The number of aryl methyl sites for hydroxylation is 1. The Kier molecular flexibility index (Phi) is 7.61. The maximum atomic E-state index is 3.56. The molecule has 3 rings (SSSR count). The molecule has 1 aliphatic carbocycles. The molecule has 0 bridgehead atoms. The number of unbranched alkanes of at least 4 members (excludes halogenated alkanes) is 4. The molecular formula is C23H28Br2. The van der Waals surface area contributed by atoms with Crippen molar-refractivity contribution in [1.82, 2.24) is 0 Å². The van der Waals surface area contributed by atoms with Gasteiger partial charge in [0.05, 0.1) is 0 Å². The third-order valence-electron chi connectivity index (χ3n) is 5.34. The molecule has 0 fully saturated rings. The summed E-state index contributed by atoms with van der Waals surface area (Å²) in [6.07, 6.45) is 11.5. The molecule has 134 valence electrons. The van der Waals surface area contributed by atoms with Crippen molar-refractivity contribution in [2.24, 2.45) is 0 Å². The standard InChI is InChI=1S/C23H28Br2/c24-15-7-1-3-9-18-13-14-22-21-12-6-5-10-19(21)17-23(22)20(18)11-4-2-8-16-25/h5-6,10,12-14H,1-4,7-9,11,15-17H2. The largest absolute Gasteiger partial charge is 0.0928 e. The molecule has 0 heterocycles. The zero-order chi connectivity index (χ0) is 17.5. The highest BCUT2D eigenvalue weighted by Gasteiger charge is 2.22. The van der Waals surface area contributed by atoms with Crippen molar-refractivity contribution < 1.29 is 0 Å². The van der Waals surface area contributed by atoms with Crippen molar-refractivity contribution in [3.05, 3.63) is 58.7 Å². The number of rotatable bonds is 10. The molecule has 0 nitrogen and oxygen atoms in total. The monoisotopic (exact) mass is 462 g/mol. The highest BCUT2D eigenvalue weighted by Crippen LogP contribution is 2.40. The lowest BCUT2D eigenvalue weighted by Gasteiger charge is -2.15. The van der Waals surface area contributed by atoms with Crippen molar-refractivity contribution in [2.75, 3.05) is 10.7 Å². The Morgan fingerprint density at radius 1 is 0.680 bits per heavy atom. The van der Waals surface area contributed by atoms with Gasteiger partial charge in [-0.1, -0.05) is 81.1 Å². The molecule has 0 saturated carbocycles. The summed E-state index contributed by atoms with van der Waals surface area (Å²) in [5.41, 5.74) is 9.37. The zero-order valence-corrected chi connectivity index (χ0v) is 18.2. The fourth-order valence-electron chi connectivity index (χ4n) is 4.03. The van der Waals surface area contributed by atoms with Crippen LogP contribution in [0.5, 0.6) is 0 Å². The van der Waals surface area contributed by atoms with Crippen LogP contribution in [-0.2, 0) is 19.3 Å². The fourth-order valence-corrected chi connectivity index (χ4v) is 4.82. The summed E-state index contributed by atoms with van der Waals surface area (Å²) in [6.45, 7) is 0. The molecular weight excluding hydrogens is 436 g/mol. The summed E-state index contributed by atoms with van der Waals surface area (Å²) in [5.74, 6) is 0. The Balaban J connectivity index is 1.82. The van der Waals surface area contributed by atoms with E-state index >= 15 is 0 Å². The summed E-state index contributed by atoms with van der Waals surface area (Å²) < 4.78 is 0. The van der Waals surface area contributed by atoms with Gasteiger partial charge in [-0.3, -0.25) is 0 Å². The first-order valence-corrected chi connectivity index (χ1v) is 11.9. The van der Waals surface area contributed by atoms with E-state index < -0.39 is 0 Å². The fraction of sp³-hybridized carbons (Fsp3) is 0.478. The lowest BCUT2D eigenvalue weighted by Crippen LogP contribution is -2.01. The zero-order valence-electron chi connectivity index (χ0n) is 15.0. The Labute approximate surface area is 169 Å². The first kappa shape index (κ1) is 19.2. The SMILES string of the molecule is BrCCCCCc1ccc2c(c1CCCCCBr)Cc1ccccc1-2. The molecule has 0 aromatic heterocycles. The van der Waals surface area contributed by atoms with Crippen LogP contribution in [0.1, 0.15) is 60.8 Å². The van der Waals surface area contributed by atoms with Crippen LogP contribution in [0.2, 0.25) is 0 Å². The summed E-state index contributed by atoms with van der Waals surface area (Å²) in [6, 6.07) is 13.8. The molecule has 0 atom stereocenters. The molecule has 2 aromatic rings. The van der Waals surface area contributed by atoms with Gasteiger partial charge < -0.3 is 0 Å². The summed E-state index contributed by atoms with van der Waals surface area (Å²) >= 11 is 7.12. The summed E-state index contributed by atoms with van der Waals surface area (Å²) in [5, 5.41) is 2.26. The number of alkyl halides is 2. The predicted octanol–water partition coefficient (Wildman–Crippen LogP) is 7.47. The molecule has 0 radical (unpaired) electrons. The minimum Gasteiger partial charge on any atom is -0.0928 e. The molecule has 2 heteroatoms. The van der Waals surface area contributed by atoms with E-state index in [1.807, 2.05) is 0 Å². The number of halogens is 2. The Morgan fingerprint density at radius 3 is 2.16 bits per heavy atom.